The van der Waals surface area contributed by atoms with Crippen molar-refractivity contribution in [2.24, 2.45) is 5.41 Å². The van der Waals surface area contributed by atoms with Crippen molar-refractivity contribution in [2.45, 2.75) is 42.4 Å². The Morgan fingerprint density at radius 1 is 0.500 bits per heavy atom. The SMILES string of the molecule is [CH3][Hf]1([CH3])[CH]2C(=Cc3c(-c4ccc5ccccc5c4)cccc32)C2(CCCC2)C2=Cc3c(-c4ccc5ccccc5c4)cccc3[CH]21. The normalized spacial score (nSPS) is 21.5. The third-order valence-corrected chi connectivity index (χ3v) is 27.5. The van der Waals surface area contributed by atoms with Crippen LogP contribution >= 0.6 is 0 Å². The Morgan fingerprint density at radius 3 is 1.43 bits per heavy atom. The maximum atomic E-state index is 2.79. The summed E-state index contributed by atoms with van der Waals surface area (Å²) in [6, 6.07) is 46.2. The quantitative estimate of drug-likeness (QED) is 0.154. The molecule has 1 heterocycles. The first-order valence-electron chi connectivity index (χ1n) is 17.2. The first kappa shape index (κ1) is 27.3. The fourth-order valence-electron chi connectivity index (χ4n) is 10.3. The van der Waals surface area contributed by atoms with Crippen LogP contribution in [-0.2, 0) is 20.0 Å². The van der Waals surface area contributed by atoms with E-state index in [1.807, 2.05) is 0 Å². The van der Waals surface area contributed by atoms with Crippen molar-refractivity contribution in [1.82, 2.24) is 0 Å². The molecule has 10 rings (SSSR count). The Labute approximate surface area is 276 Å². The van der Waals surface area contributed by atoms with Gasteiger partial charge < -0.3 is 0 Å². The molecule has 0 bridgehead atoms. The minimum absolute atomic E-state index is 0.199. The Hall–Kier alpha value is -3.81. The Balaban J connectivity index is 1.17. The van der Waals surface area contributed by atoms with E-state index in [9.17, 15) is 0 Å². The molecule has 2 atom stereocenters. The van der Waals surface area contributed by atoms with Gasteiger partial charge in [0.2, 0.25) is 0 Å². The second-order valence-corrected chi connectivity index (χ2v) is 32.2. The summed E-state index contributed by atoms with van der Waals surface area (Å²) in [6.07, 6.45) is 10.7. The molecule has 1 heteroatoms. The second kappa shape index (κ2) is 9.85. The van der Waals surface area contributed by atoms with Gasteiger partial charge in [-0.2, -0.15) is 0 Å². The molecule has 3 aliphatic carbocycles. The van der Waals surface area contributed by atoms with E-state index in [1.54, 1.807) is 22.3 Å². The van der Waals surface area contributed by atoms with E-state index in [1.165, 1.54) is 80.6 Å². The second-order valence-electron chi connectivity index (χ2n) is 14.9. The minimum atomic E-state index is -3.10. The number of allylic oxidation sites excluding steroid dienone is 2. The molecule has 222 valence electrons. The molecular formula is C45H38Hf. The van der Waals surface area contributed by atoms with Crippen LogP contribution in [-0.4, -0.2) is 0 Å². The van der Waals surface area contributed by atoms with Gasteiger partial charge in [0.25, 0.3) is 0 Å². The Bertz CT molecular complexity index is 2150. The van der Waals surface area contributed by atoms with Gasteiger partial charge in [-0.15, -0.1) is 0 Å². The van der Waals surface area contributed by atoms with E-state index in [0.29, 0.717) is 7.35 Å². The van der Waals surface area contributed by atoms with Gasteiger partial charge >= 0.3 is 278 Å². The van der Waals surface area contributed by atoms with Crippen LogP contribution in [0.25, 0.3) is 56.0 Å². The summed E-state index contributed by atoms with van der Waals surface area (Å²) in [6.45, 7) is 0. The van der Waals surface area contributed by atoms with E-state index in [0.717, 1.165) is 0 Å². The molecule has 46 heavy (non-hydrogen) atoms. The zero-order valence-electron chi connectivity index (χ0n) is 26.7. The summed E-state index contributed by atoms with van der Waals surface area (Å²) in [5.74, 6) is 0. The molecule has 0 aromatic heterocycles. The fourth-order valence-corrected chi connectivity index (χ4v) is 27.5. The van der Waals surface area contributed by atoms with Crippen LogP contribution in [0, 0.1) is 5.41 Å². The standard InChI is InChI=1S/C43H32.2CH3.Hf/c1-3-11-31-23-35(19-17-29(31)9-1)39-15-7-13-33-25-37(27-41(33)39)43(21-5-6-22-43)38-26-34-14-8-16-40(42(34)28-38)36-20-18-30-10-2-4-12-32(30)24-36;;;/h1-4,7-20,23-28H,5-6,21-22H2;2*1H3;. The molecule has 4 aliphatic rings. The summed E-state index contributed by atoms with van der Waals surface area (Å²) < 4.78 is 6.86. The van der Waals surface area contributed by atoms with Crippen molar-refractivity contribution in [3.8, 4) is 22.3 Å². The van der Waals surface area contributed by atoms with Crippen molar-refractivity contribution < 1.29 is 20.0 Å². The van der Waals surface area contributed by atoms with Crippen LogP contribution in [0.2, 0.25) is 9.36 Å². The molecule has 0 N–H and O–H groups in total. The van der Waals surface area contributed by atoms with Crippen LogP contribution in [0.15, 0.2) is 132 Å². The molecule has 0 radical (unpaired) electrons. The molecule has 0 nitrogen and oxygen atoms in total. The summed E-state index contributed by atoms with van der Waals surface area (Å²) in [5, 5.41) is 5.28. The van der Waals surface area contributed by atoms with E-state index in [4.69, 9.17) is 0 Å². The Morgan fingerprint density at radius 2 is 0.957 bits per heavy atom. The summed E-state index contributed by atoms with van der Waals surface area (Å²) in [7, 11) is 0. The first-order chi connectivity index (χ1) is 22.5. The summed E-state index contributed by atoms with van der Waals surface area (Å²) >= 11 is -3.10. The summed E-state index contributed by atoms with van der Waals surface area (Å²) in [5.41, 5.74) is 15.6. The number of fused-ring (bicyclic) bond motifs is 10. The van der Waals surface area contributed by atoms with E-state index >= 15 is 0 Å². The van der Waals surface area contributed by atoms with Crippen LogP contribution < -0.4 is 0 Å². The number of rotatable bonds is 2. The van der Waals surface area contributed by atoms with Gasteiger partial charge in [0.15, 0.2) is 0 Å². The van der Waals surface area contributed by atoms with Crippen LogP contribution in [0.1, 0.15) is 55.3 Å². The predicted octanol–water partition coefficient (Wildman–Crippen LogP) is 12.7. The molecule has 2 fully saturated rings. The van der Waals surface area contributed by atoms with Crippen molar-refractivity contribution in [2.75, 3.05) is 0 Å². The zero-order valence-corrected chi connectivity index (χ0v) is 30.3. The van der Waals surface area contributed by atoms with E-state index in [2.05, 4.69) is 143 Å². The average molecular weight is 757 g/mol. The Kier molecular flexibility index (Phi) is 5.85. The maximum absolute atomic E-state index is 3.10. The monoisotopic (exact) mass is 758 g/mol. The topological polar surface area (TPSA) is 0 Å². The molecule has 2 unspecified atom stereocenters. The van der Waals surface area contributed by atoms with Crippen molar-refractivity contribution in [3.05, 3.63) is 155 Å². The molecule has 1 spiro atoms. The summed E-state index contributed by atoms with van der Waals surface area (Å²) in [4.78, 5) is 0. The third kappa shape index (κ3) is 3.70. The molecule has 1 saturated carbocycles. The van der Waals surface area contributed by atoms with Gasteiger partial charge in [0.05, 0.1) is 0 Å². The average Bonchev–Trinajstić information content (AvgIpc) is 3.84. The molecule has 1 saturated heterocycles. The van der Waals surface area contributed by atoms with Gasteiger partial charge in [-0.3, -0.25) is 0 Å². The number of benzene rings is 6. The van der Waals surface area contributed by atoms with Gasteiger partial charge in [-0.25, -0.2) is 0 Å². The fraction of sp³-hybridized carbons (Fsp3) is 0.200. The van der Waals surface area contributed by atoms with Gasteiger partial charge in [0, 0.05) is 0 Å². The third-order valence-electron chi connectivity index (χ3n) is 12.3. The van der Waals surface area contributed by atoms with E-state index in [-0.39, 0.29) is 5.41 Å². The van der Waals surface area contributed by atoms with Crippen molar-refractivity contribution in [3.63, 3.8) is 0 Å². The number of hydrogen-bond acceptors (Lipinski definition) is 0. The first-order valence-corrected chi connectivity index (χ1v) is 28.5. The molecule has 6 aromatic rings. The molecule has 6 aromatic carbocycles. The van der Waals surface area contributed by atoms with Crippen LogP contribution in [0.4, 0.5) is 0 Å². The van der Waals surface area contributed by atoms with E-state index < -0.39 is 20.0 Å². The number of hydrogen-bond donors (Lipinski definition) is 0. The van der Waals surface area contributed by atoms with Crippen molar-refractivity contribution >= 4 is 33.7 Å². The van der Waals surface area contributed by atoms with Crippen molar-refractivity contribution in [1.29, 1.82) is 0 Å². The molecular weight excluding hydrogens is 719 g/mol. The predicted molar refractivity (Wildman–Crippen MR) is 193 cm³/mol. The van der Waals surface area contributed by atoms with Gasteiger partial charge in [-0.1, -0.05) is 0 Å². The van der Waals surface area contributed by atoms with Crippen LogP contribution in [0.3, 0.4) is 0 Å². The van der Waals surface area contributed by atoms with Gasteiger partial charge in [0.1, 0.15) is 0 Å². The van der Waals surface area contributed by atoms with Gasteiger partial charge in [-0.05, 0) is 0 Å². The van der Waals surface area contributed by atoms with Crippen LogP contribution in [0.5, 0.6) is 0 Å². The molecule has 0 amide bonds. The zero-order chi connectivity index (χ0) is 30.6. The molecule has 1 aliphatic heterocycles.